The van der Waals surface area contributed by atoms with Crippen molar-refractivity contribution >= 4 is 73.4 Å². The highest BCUT2D eigenvalue weighted by Crippen LogP contribution is 2.40. The number of hydrogen-bond acceptors (Lipinski definition) is 4. The molecule has 0 spiro atoms. The van der Waals surface area contributed by atoms with E-state index in [0.29, 0.717) is 0 Å². The van der Waals surface area contributed by atoms with Crippen LogP contribution in [0.25, 0.3) is 42.6 Å². The molecule has 0 unspecified atom stereocenters. The molecule has 234 valence electrons. The molecule has 6 heteroatoms. The maximum Gasteiger partial charge on any atom is 0.263 e. The van der Waals surface area contributed by atoms with Crippen molar-refractivity contribution in [2.45, 2.75) is 6.54 Å². The Hall–Kier alpha value is -4.59. The minimum atomic E-state index is 0. The second-order valence-corrected chi connectivity index (χ2v) is 14.5. The van der Waals surface area contributed by atoms with E-state index in [9.17, 15) is 0 Å². The van der Waals surface area contributed by atoms with Crippen molar-refractivity contribution in [2.24, 2.45) is 0 Å². The van der Waals surface area contributed by atoms with E-state index in [1.165, 1.54) is 45.9 Å². The molecule has 3 heterocycles. The zero-order valence-corrected chi connectivity index (χ0v) is 30.0. The molecular weight excluding hydrogens is 709 g/mol. The number of hydrogen-bond donors (Lipinski definition) is 0. The summed E-state index contributed by atoms with van der Waals surface area (Å²) in [7, 11) is 0. The van der Waals surface area contributed by atoms with Gasteiger partial charge in [0.15, 0.2) is 6.54 Å². The van der Waals surface area contributed by atoms with Crippen LogP contribution >= 0.6 is 34.0 Å². The normalized spacial score (nSPS) is 11.2. The Balaban J connectivity index is 0.00000364. The Bertz CT molecular complexity index is 2230. The molecular formula is C42H31BrN2S3. The van der Waals surface area contributed by atoms with Gasteiger partial charge in [-0.05, 0) is 78.4 Å². The zero-order valence-electron chi connectivity index (χ0n) is 25.9. The third-order valence-corrected chi connectivity index (χ3v) is 11.6. The summed E-state index contributed by atoms with van der Waals surface area (Å²) in [5.74, 6) is 0. The minimum Gasteiger partial charge on any atom is -1.00 e. The number of rotatable bonds is 9. The van der Waals surface area contributed by atoms with Crippen LogP contribution in [0.3, 0.4) is 0 Å². The number of anilines is 3. The van der Waals surface area contributed by atoms with Gasteiger partial charge in [-0.1, -0.05) is 102 Å². The Morgan fingerprint density at radius 3 is 1.75 bits per heavy atom. The predicted molar refractivity (Wildman–Crippen MR) is 204 cm³/mol. The highest BCUT2D eigenvalue weighted by Gasteiger charge is 2.19. The SMILES string of the molecule is C(=C\c1sc2ccccc2[n+]1Cc1ccccc1)/c1ccc(-c2ccc(-c3ccc(N(c4ccccc4)c4ccccc4)cc3)s2)s1.[Br-]. The summed E-state index contributed by atoms with van der Waals surface area (Å²) in [6.45, 7) is 0.857. The smallest absolute Gasteiger partial charge is 0.263 e. The van der Waals surface area contributed by atoms with Crippen LogP contribution in [0.4, 0.5) is 17.1 Å². The molecule has 48 heavy (non-hydrogen) atoms. The predicted octanol–water partition coefficient (Wildman–Crippen LogP) is 9.34. The number of benzene rings is 5. The van der Waals surface area contributed by atoms with Crippen molar-refractivity contribution in [3.63, 3.8) is 0 Å². The lowest BCUT2D eigenvalue weighted by Crippen LogP contribution is -3.00. The molecule has 0 aliphatic rings. The molecule has 3 aromatic heterocycles. The van der Waals surface area contributed by atoms with Gasteiger partial charge in [0.2, 0.25) is 5.52 Å². The third-order valence-electron chi connectivity index (χ3n) is 8.12. The second-order valence-electron chi connectivity index (χ2n) is 11.2. The average Bonchev–Trinajstić information content (AvgIpc) is 3.89. The molecule has 0 N–H and O–H groups in total. The monoisotopic (exact) mass is 738 g/mol. The van der Waals surface area contributed by atoms with Crippen LogP contribution in [0.2, 0.25) is 0 Å². The van der Waals surface area contributed by atoms with Gasteiger partial charge in [0.25, 0.3) is 5.01 Å². The fourth-order valence-corrected chi connectivity index (χ4v) is 8.91. The lowest BCUT2D eigenvalue weighted by Gasteiger charge is -2.25. The van der Waals surface area contributed by atoms with Crippen molar-refractivity contribution in [3.05, 3.63) is 179 Å². The van der Waals surface area contributed by atoms with Gasteiger partial charge in [-0.15, -0.1) is 22.7 Å². The van der Waals surface area contributed by atoms with Gasteiger partial charge < -0.3 is 21.9 Å². The summed E-state index contributed by atoms with van der Waals surface area (Å²) >= 11 is 5.54. The quantitative estimate of drug-likeness (QED) is 0.134. The number of nitrogens with zero attached hydrogens (tertiary/aromatic N) is 2. The molecule has 0 saturated carbocycles. The first-order chi connectivity index (χ1) is 23.3. The Labute approximate surface area is 303 Å². The number of halogens is 1. The van der Waals surface area contributed by atoms with E-state index in [1.807, 2.05) is 34.0 Å². The fourth-order valence-electron chi connectivity index (χ4n) is 5.84. The summed E-state index contributed by atoms with van der Waals surface area (Å²) in [6, 6.07) is 58.4. The molecule has 5 aromatic carbocycles. The van der Waals surface area contributed by atoms with Crippen LogP contribution in [0.5, 0.6) is 0 Å². The summed E-state index contributed by atoms with van der Waals surface area (Å²) in [4.78, 5) is 7.42. The summed E-state index contributed by atoms with van der Waals surface area (Å²) in [6.07, 6.45) is 4.54. The first-order valence-electron chi connectivity index (χ1n) is 15.6. The molecule has 0 bridgehead atoms. The minimum absolute atomic E-state index is 0. The van der Waals surface area contributed by atoms with Crippen molar-refractivity contribution in [2.75, 3.05) is 4.90 Å². The van der Waals surface area contributed by atoms with E-state index in [4.69, 9.17) is 0 Å². The molecule has 0 atom stereocenters. The summed E-state index contributed by atoms with van der Waals surface area (Å²) < 4.78 is 3.73. The maximum absolute atomic E-state index is 2.43. The Kier molecular flexibility index (Phi) is 9.77. The third kappa shape index (κ3) is 6.84. The van der Waals surface area contributed by atoms with Gasteiger partial charge >= 0.3 is 0 Å². The molecule has 0 saturated heterocycles. The van der Waals surface area contributed by atoms with E-state index < -0.39 is 0 Å². The van der Waals surface area contributed by atoms with E-state index in [-0.39, 0.29) is 17.0 Å². The molecule has 0 fully saturated rings. The van der Waals surface area contributed by atoms with Gasteiger partial charge in [-0.25, -0.2) is 0 Å². The molecule has 2 nitrogen and oxygen atoms in total. The van der Waals surface area contributed by atoms with E-state index in [1.54, 1.807) is 0 Å². The van der Waals surface area contributed by atoms with Gasteiger partial charge in [0, 0.05) is 54.3 Å². The van der Waals surface area contributed by atoms with Crippen molar-refractivity contribution in [1.29, 1.82) is 0 Å². The molecule has 0 aliphatic heterocycles. The van der Waals surface area contributed by atoms with Crippen molar-refractivity contribution in [1.82, 2.24) is 0 Å². The number of para-hydroxylation sites is 3. The van der Waals surface area contributed by atoms with E-state index in [2.05, 4.69) is 185 Å². The lowest BCUT2D eigenvalue weighted by atomic mass is 10.1. The molecule has 8 aromatic rings. The standard InChI is InChI=1S/C42H31N2S3.BrH/c1-4-12-31(13-5-1)30-43-37-18-10-11-19-39(37)47-42(43)29-25-36-24-26-40(45-36)41-28-27-38(46-41)32-20-22-35(23-21-32)44(33-14-6-2-7-15-33)34-16-8-3-9-17-34;/h1-29H,30H2;1H/q+1;/p-1. The van der Waals surface area contributed by atoms with Crippen molar-refractivity contribution in [3.8, 4) is 20.2 Å². The largest absolute Gasteiger partial charge is 1.00 e. The Morgan fingerprint density at radius 2 is 1.04 bits per heavy atom. The number of aromatic nitrogens is 1. The van der Waals surface area contributed by atoms with Gasteiger partial charge in [0.05, 0.1) is 0 Å². The molecule has 0 radical (unpaired) electrons. The van der Waals surface area contributed by atoms with Crippen LogP contribution in [-0.2, 0) is 6.54 Å². The first-order valence-corrected chi connectivity index (χ1v) is 18.1. The number of thiazole rings is 1. The Morgan fingerprint density at radius 1 is 0.479 bits per heavy atom. The maximum atomic E-state index is 2.43. The van der Waals surface area contributed by atoms with Crippen LogP contribution < -0.4 is 26.4 Å². The van der Waals surface area contributed by atoms with Crippen LogP contribution in [0, 0.1) is 0 Å². The van der Waals surface area contributed by atoms with Crippen LogP contribution in [0.15, 0.2) is 164 Å². The van der Waals surface area contributed by atoms with Crippen molar-refractivity contribution < 1.29 is 21.5 Å². The van der Waals surface area contributed by atoms with E-state index >= 15 is 0 Å². The summed E-state index contributed by atoms with van der Waals surface area (Å²) in [5.41, 5.74) is 7.25. The summed E-state index contributed by atoms with van der Waals surface area (Å²) in [5, 5.41) is 1.25. The van der Waals surface area contributed by atoms with Gasteiger partial charge in [-0.2, -0.15) is 4.57 Å². The average molecular weight is 740 g/mol. The zero-order chi connectivity index (χ0) is 31.4. The highest BCUT2D eigenvalue weighted by molar-refractivity contribution is 7.24. The highest BCUT2D eigenvalue weighted by atomic mass is 79.9. The van der Waals surface area contributed by atoms with Crippen LogP contribution in [-0.4, -0.2) is 0 Å². The second kappa shape index (κ2) is 14.7. The fraction of sp³-hybridized carbons (Fsp3) is 0.0238. The molecule has 0 aliphatic carbocycles. The first kappa shape index (κ1) is 32.0. The molecule has 8 rings (SSSR count). The van der Waals surface area contributed by atoms with Crippen LogP contribution in [0.1, 0.15) is 15.4 Å². The molecule has 0 amide bonds. The van der Waals surface area contributed by atoms with E-state index in [0.717, 1.165) is 23.6 Å². The van der Waals surface area contributed by atoms with Gasteiger partial charge in [0.1, 0.15) is 4.70 Å². The topological polar surface area (TPSA) is 7.12 Å². The number of thiophene rings is 2. The number of fused-ring (bicyclic) bond motifs is 1. The lowest BCUT2D eigenvalue weighted by molar-refractivity contribution is -0.659. The van der Waals surface area contributed by atoms with Gasteiger partial charge in [-0.3, -0.25) is 0 Å².